The summed E-state index contributed by atoms with van der Waals surface area (Å²) >= 11 is 0. The van der Waals surface area contributed by atoms with Gasteiger partial charge in [-0.05, 0) is 25.5 Å². The van der Waals surface area contributed by atoms with Crippen LogP contribution in [-0.2, 0) is 4.74 Å². The van der Waals surface area contributed by atoms with E-state index in [0.717, 1.165) is 11.3 Å². The van der Waals surface area contributed by atoms with Crippen LogP contribution in [0.25, 0.3) is 5.82 Å². The Morgan fingerprint density at radius 1 is 1.17 bits per heavy atom. The van der Waals surface area contributed by atoms with Crippen LogP contribution in [0.1, 0.15) is 21.6 Å². The Balaban J connectivity index is 1.93. The molecule has 0 radical (unpaired) electrons. The smallest absolute Gasteiger partial charge is 0.341 e. The predicted octanol–water partition coefficient (Wildman–Crippen LogP) is 2.86. The van der Waals surface area contributed by atoms with Crippen molar-refractivity contribution in [2.45, 2.75) is 13.8 Å². The van der Waals surface area contributed by atoms with E-state index >= 15 is 0 Å². The van der Waals surface area contributed by atoms with Gasteiger partial charge in [0.1, 0.15) is 17.6 Å². The fourth-order valence-corrected chi connectivity index (χ4v) is 2.24. The van der Waals surface area contributed by atoms with Gasteiger partial charge in [-0.25, -0.2) is 19.4 Å². The summed E-state index contributed by atoms with van der Waals surface area (Å²) in [5.41, 5.74) is 2.01. The van der Waals surface area contributed by atoms with E-state index in [1.165, 1.54) is 19.6 Å². The molecule has 1 aromatic carbocycles. The van der Waals surface area contributed by atoms with Crippen LogP contribution in [-0.4, -0.2) is 32.8 Å². The summed E-state index contributed by atoms with van der Waals surface area (Å²) in [4.78, 5) is 20.0. The van der Waals surface area contributed by atoms with Crippen molar-refractivity contribution in [3.05, 3.63) is 59.7 Å². The number of esters is 1. The van der Waals surface area contributed by atoms with Gasteiger partial charge in [0.2, 0.25) is 5.88 Å². The van der Waals surface area contributed by atoms with E-state index in [4.69, 9.17) is 9.47 Å². The lowest BCUT2D eigenvalue weighted by atomic mass is 10.2. The Labute approximate surface area is 138 Å². The van der Waals surface area contributed by atoms with Crippen LogP contribution in [0.15, 0.2) is 42.9 Å². The quantitative estimate of drug-likeness (QED) is 0.687. The number of methoxy groups -OCH3 is 1. The molecule has 2 heterocycles. The molecular weight excluding hydrogens is 308 g/mol. The van der Waals surface area contributed by atoms with Crippen LogP contribution < -0.4 is 4.74 Å². The van der Waals surface area contributed by atoms with E-state index in [-0.39, 0.29) is 0 Å². The van der Waals surface area contributed by atoms with E-state index in [1.54, 1.807) is 17.7 Å². The van der Waals surface area contributed by atoms with Crippen molar-refractivity contribution in [1.29, 1.82) is 0 Å². The SMILES string of the molecule is COC(=O)c1cnn(-c2cc(Oc3ccccc3C)ncn2)c1C. The number of aromatic nitrogens is 4. The van der Waals surface area contributed by atoms with Gasteiger partial charge in [0.15, 0.2) is 5.82 Å². The minimum atomic E-state index is -0.441. The molecule has 0 aliphatic rings. The fourth-order valence-electron chi connectivity index (χ4n) is 2.24. The number of carbonyl (C=O) groups is 1. The fraction of sp³-hybridized carbons (Fsp3) is 0.176. The monoisotopic (exact) mass is 324 g/mol. The average molecular weight is 324 g/mol. The molecule has 7 heteroatoms. The molecule has 3 rings (SSSR count). The second-order valence-electron chi connectivity index (χ2n) is 5.13. The van der Waals surface area contributed by atoms with Crippen molar-refractivity contribution in [1.82, 2.24) is 19.7 Å². The summed E-state index contributed by atoms with van der Waals surface area (Å²) < 4.78 is 12.1. The van der Waals surface area contributed by atoms with Gasteiger partial charge in [-0.2, -0.15) is 5.10 Å². The zero-order chi connectivity index (χ0) is 17.1. The van der Waals surface area contributed by atoms with Crippen LogP contribution in [0.5, 0.6) is 11.6 Å². The lowest BCUT2D eigenvalue weighted by Crippen LogP contribution is -2.06. The first-order valence-electron chi connectivity index (χ1n) is 7.29. The first-order valence-corrected chi connectivity index (χ1v) is 7.29. The zero-order valence-electron chi connectivity index (χ0n) is 13.6. The lowest BCUT2D eigenvalue weighted by molar-refractivity contribution is 0.0600. The standard InChI is InChI=1S/C17H16N4O3/c1-11-6-4-5-7-14(11)24-16-8-15(18-10-19-16)21-12(2)13(9-20-21)17(22)23-3/h4-10H,1-3H3. The van der Waals surface area contributed by atoms with Gasteiger partial charge in [-0.15, -0.1) is 0 Å². The van der Waals surface area contributed by atoms with Crippen LogP contribution in [0.3, 0.4) is 0 Å². The number of hydrogen-bond acceptors (Lipinski definition) is 6. The molecule has 0 unspecified atom stereocenters. The Bertz CT molecular complexity index is 889. The molecule has 7 nitrogen and oxygen atoms in total. The third-order valence-corrected chi connectivity index (χ3v) is 3.57. The molecule has 0 saturated heterocycles. The summed E-state index contributed by atoms with van der Waals surface area (Å²) in [6.45, 7) is 3.72. The van der Waals surface area contributed by atoms with Gasteiger partial charge in [0, 0.05) is 6.07 Å². The number of aryl methyl sites for hydroxylation is 1. The number of carbonyl (C=O) groups excluding carboxylic acids is 1. The average Bonchev–Trinajstić information content (AvgIpc) is 2.98. The van der Waals surface area contributed by atoms with Crippen molar-refractivity contribution in [3.63, 3.8) is 0 Å². The van der Waals surface area contributed by atoms with Crippen LogP contribution in [0, 0.1) is 13.8 Å². The first kappa shape index (κ1) is 15.7. The van der Waals surface area contributed by atoms with Crippen LogP contribution in [0.2, 0.25) is 0 Å². The molecule has 0 spiro atoms. The highest BCUT2D eigenvalue weighted by Crippen LogP contribution is 2.24. The van der Waals surface area contributed by atoms with E-state index < -0.39 is 5.97 Å². The maximum Gasteiger partial charge on any atom is 0.341 e. The maximum atomic E-state index is 11.7. The highest BCUT2D eigenvalue weighted by atomic mass is 16.5. The van der Waals surface area contributed by atoms with Gasteiger partial charge in [0.25, 0.3) is 0 Å². The van der Waals surface area contributed by atoms with Gasteiger partial charge in [-0.1, -0.05) is 18.2 Å². The third kappa shape index (κ3) is 2.96. The summed E-state index contributed by atoms with van der Waals surface area (Å²) in [7, 11) is 1.33. The Morgan fingerprint density at radius 3 is 2.71 bits per heavy atom. The number of rotatable bonds is 4. The summed E-state index contributed by atoms with van der Waals surface area (Å²) in [6.07, 6.45) is 2.84. The highest BCUT2D eigenvalue weighted by Gasteiger charge is 2.16. The topological polar surface area (TPSA) is 79.1 Å². The van der Waals surface area contributed by atoms with Gasteiger partial charge < -0.3 is 9.47 Å². The number of nitrogens with zero attached hydrogens (tertiary/aromatic N) is 4. The number of ether oxygens (including phenoxy) is 2. The van der Waals surface area contributed by atoms with Crippen molar-refractivity contribution >= 4 is 5.97 Å². The van der Waals surface area contributed by atoms with Crippen LogP contribution >= 0.6 is 0 Å². The molecule has 24 heavy (non-hydrogen) atoms. The highest BCUT2D eigenvalue weighted by molar-refractivity contribution is 5.90. The molecule has 0 aliphatic heterocycles. The van der Waals surface area contributed by atoms with Crippen molar-refractivity contribution in [3.8, 4) is 17.4 Å². The minimum absolute atomic E-state index is 0.387. The predicted molar refractivity (Wildman–Crippen MR) is 86.5 cm³/mol. The number of benzene rings is 1. The van der Waals surface area contributed by atoms with Gasteiger partial charge in [0.05, 0.1) is 19.0 Å². The van der Waals surface area contributed by atoms with Crippen LogP contribution in [0.4, 0.5) is 0 Å². The molecule has 3 aromatic rings. The molecule has 0 saturated carbocycles. The Morgan fingerprint density at radius 2 is 1.96 bits per heavy atom. The first-order chi connectivity index (χ1) is 11.6. The molecule has 2 aromatic heterocycles. The molecule has 0 bridgehead atoms. The molecular formula is C17H16N4O3. The van der Waals surface area contributed by atoms with Crippen molar-refractivity contribution in [2.75, 3.05) is 7.11 Å². The number of para-hydroxylation sites is 1. The summed E-state index contributed by atoms with van der Waals surface area (Å²) in [6, 6.07) is 9.32. The van der Waals surface area contributed by atoms with E-state index in [2.05, 4.69) is 15.1 Å². The second kappa shape index (κ2) is 6.49. The van der Waals surface area contributed by atoms with E-state index in [0.29, 0.717) is 23.0 Å². The molecule has 0 fully saturated rings. The largest absolute Gasteiger partial charge is 0.465 e. The van der Waals surface area contributed by atoms with E-state index in [1.807, 2.05) is 31.2 Å². The second-order valence-corrected chi connectivity index (χ2v) is 5.13. The molecule has 0 aliphatic carbocycles. The Kier molecular flexibility index (Phi) is 4.24. The van der Waals surface area contributed by atoms with Gasteiger partial charge >= 0.3 is 5.97 Å². The third-order valence-electron chi connectivity index (χ3n) is 3.57. The lowest BCUT2D eigenvalue weighted by Gasteiger charge is -2.09. The number of hydrogen-bond donors (Lipinski definition) is 0. The normalized spacial score (nSPS) is 10.5. The van der Waals surface area contributed by atoms with E-state index in [9.17, 15) is 4.79 Å². The summed E-state index contributed by atoms with van der Waals surface area (Å²) in [5.74, 6) is 1.17. The Hall–Kier alpha value is -3.22. The molecule has 0 N–H and O–H groups in total. The molecule has 0 amide bonds. The minimum Gasteiger partial charge on any atom is -0.465 e. The maximum absolute atomic E-state index is 11.7. The van der Waals surface area contributed by atoms with Gasteiger partial charge in [-0.3, -0.25) is 0 Å². The molecule has 122 valence electrons. The zero-order valence-corrected chi connectivity index (χ0v) is 13.6. The molecule has 0 atom stereocenters. The van der Waals surface area contributed by atoms with Crippen molar-refractivity contribution < 1.29 is 14.3 Å². The summed E-state index contributed by atoms with van der Waals surface area (Å²) in [5, 5.41) is 4.19. The van der Waals surface area contributed by atoms with Crippen molar-refractivity contribution in [2.24, 2.45) is 0 Å².